The molecule has 27 heavy (non-hydrogen) atoms. The van der Waals surface area contributed by atoms with E-state index in [2.05, 4.69) is 21.2 Å². The second-order valence-corrected chi connectivity index (χ2v) is 7.24. The third-order valence-corrected chi connectivity index (χ3v) is 5.24. The average molecular weight is 449 g/mol. The number of nitrogens with zero attached hydrogens (tertiary/aromatic N) is 1. The summed E-state index contributed by atoms with van der Waals surface area (Å²) < 4.78 is 11.1. The largest absolute Gasteiger partial charge is 0.496 e. The highest BCUT2D eigenvalue weighted by Crippen LogP contribution is 2.33. The fourth-order valence-corrected chi connectivity index (χ4v) is 3.71. The van der Waals surface area contributed by atoms with E-state index in [0.717, 1.165) is 21.4 Å². The van der Waals surface area contributed by atoms with Gasteiger partial charge in [0.1, 0.15) is 21.7 Å². The Morgan fingerprint density at radius 2 is 2.15 bits per heavy atom. The molecule has 1 aromatic carbocycles. The number of thiophene rings is 1. The van der Waals surface area contributed by atoms with E-state index >= 15 is 0 Å². The van der Waals surface area contributed by atoms with Crippen LogP contribution in [0.1, 0.15) is 33.3 Å². The minimum absolute atomic E-state index is 0.233. The van der Waals surface area contributed by atoms with Gasteiger partial charge in [0.25, 0.3) is 0 Å². The van der Waals surface area contributed by atoms with Gasteiger partial charge in [-0.05, 0) is 43.7 Å². The Hall–Kier alpha value is -2.63. The fraction of sp³-hybridized carbons (Fsp3) is 0.211. The fourth-order valence-electron chi connectivity index (χ4n) is 2.28. The summed E-state index contributed by atoms with van der Waals surface area (Å²) in [5.41, 5.74) is 1.47. The van der Waals surface area contributed by atoms with Crippen LogP contribution < -0.4 is 10.1 Å². The SMILES string of the molecule is CCOC(=O)c1sc(NC(=O)/C=C/c2cc(Br)ccc2OC)c(C#N)c1C. The van der Waals surface area contributed by atoms with Gasteiger partial charge >= 0.3 is 5.97 Å². The van der Waals surface area contributed by atoms with Crippen LogP contribution in [-0.4, -0.2) is 25.6 Å². The molecule has 1 amide bonds. The first kappa shape index (κ1) is 20.7. The molecule has 0 spiro atoms. The van der Waals surface area contributed by atoms with Crippen LogP contribution in [0, 0.1) is 18.3 Å². The molecule has 0 saturated carbocycles. The zero-order valence-corrected chi connectivity index (χ0v) is 17.4. The standard InChI is InChI=1S/C19H17BrN2O4S/c1-4-26-19(24)17-11(2)14(10-21)18(27-17)22-16(23)8-5-12-9-13(20)6-7-15(12)25-3/h5-9H,4H2,1-3H3,(H,22,23)/b8-5+. The van der Waals surface area contributed by atoms with Crippen LogP contribution in [0.4, 0.5) is 5.00 Å². The summed E-state index contributed by atoms with van der Waals surface area (Å²) in [6.45, 7) is 3.59. The van der Waals surface area contributed by atoms with Crippen molar-refractivity contribution in [2.24, 2.45) is 0 Å². The molecule has 0 atom stereocenters. The van der Waals surface area contributed by atoms with E-state index in [4.69, 9.17) is 9.47 Å². The van der Waals surface area contributed by atoms with Gasteiger partial charge in [-0.15, -0.1) is 11.3 Å². The lowest BCUT2D eigenvalue weighted by atomic mass is 10.1. The molecule has 8 heteroatoms. The van der Waals surface area contributed by atoms with Crippen LogP contribution in [0.15, 0.2) is 28.7 Å². The molecule has 0 aliphatic rings. The molecule has 0 unspecified atom stereocenters. The molecule has 2 aromatic rings. The predicted molar refractivity (Wildman–Crippen MR) is 108 cm³/mol. The van der Waals surface area contributed by atoms with Crippen LogP contribution in [0.3, 0.4) is 0 Å². The van der Waals surface area contributed by atoms with Crippen LogP contribution in [0.2, 0.25) is 0 Å². The Labute approximate surface area is 169 Å². The maximum absolute atomic E-state index is 12.3. The van der Waals surface area contributed by atoms with E-state index in [-0.39, 0.29) is 12.2 Å². The number of esters is 1. The average Bonchev–Trinajstić information content (AvgIpc) is 2.95. The Balaban J connectivity index is 2.23. The summed E-state index contributed by atoms with van der Waals surface area (Å²) in [5.74, 6) is -0.312. The van der Waals surface area contributed by atoms with Crippen molar-refractivity contribution >= 4 is 50.2 Å². The highest BCUT2D eigenvalue weighted by atomic mass is 79.9. The zero-order valence-electron chi connectivity index (χ0n) is 15.0. The molecule has 0 saturated heterocycles. The molecule has 2 rings (SSSR count). The first-order valence-corrected chi connectivity index (χ1v) is 9.55. The predicted octanol–water partition coefficient (Wildman–Crippen LogP) is 4.53. The lowest BCUT2D eigenvalue weighted by Crippen LogP contribution is -2.07. The summed E-state index contributed by atoms with van der Waals surface area (Å²) in [6, 6.07) is 7.46. The van der Waals surface area contributed by atoms with Crippen LogP contribution in [0.5, 0.6) is 5.75 Å². The summed E-state index contributed by atoms with van der Waals surface area (Å²) in [4.78, 5) is 24.6. The first-order valence-electron chi connectivity index (χ1n) is 7.94. The minimum Gasteiger partial charge on any atom is -0.496 e. The second kappa shape index (κ2) is 9.35. The van der Waals surface area contributed by atoms with Gasteiger partial charge in [-0.25, -0.2) is 4.79 Å². The van der Waals surface area contributed by atoms with Gasteiger partial charge in [-0.2, -0.15) is 5.26 Å². The van der Waals surface area contributed by atoms with Crippen LogP contribution in [0.25, 0.3) is 6.08 Å². The number of nitriles is 1. The van der Waals surface area contributed by atoms with E-state index in [0.29, 0.717) is 21.2 Å². The van der Waals surface area contributed by atoms with E-state index in [1.807, 2.05) is 18.2 Å². The Morgan fingerprint density at radius 3 is 2.78 bits per heavy atom. The molecule has 0 bridgehead atoms. The van der Waals surface area contributed by atoms with Gasteiger partial charge in [0, 0.05) is 16.1 Å². The number of amides is 1. The molecular formula is C19H17BrN2O4S. The van der Waals surface area contributed by atoms with E-state index in [1.54, 1.807) is 33.1 Å². The van der Waals surface area contributed by atoms with Crippen molar-refractivity contribution < 1.29 is 19.1 Å². The normalized spacial score (nSPS) is 10.5. The summed E-state index contributed by atoms with van der Waals surface area (Å²) >= 11 is 4.40. The van der Waals surface area contributed by atoms with Gasteiger partial charge in [0.2, 0.25) is 5.91 Å². The lowest BCUT2D eigenvalue weighted by molar-refractivity contribution is -0.111. The molecule has 1 heterocycles. The number of hydrogen-bond donors (Lipinski definition) is 1. The van der Waals surface area contributed by atoms with Crippen molar-refractivity contribution in [2.75, 3.05) is 19.0 Å². The van der Waals surface area contributed by atoms with Crippen molar-refractivity contribution in [3.63, 3.8) is 0 Å². The molecule has 6 nitrogen and oxygen atoms in total. The highest BCUT2D eigenvalue weighted by molar-refractivity contribution is 9.10. The van der Waals surface area contributed by atoms with Crippen molar-refractivity contribution in [1.82, 2.24) is 0 Å². The van der Waals surface area contributed by atoms with E-state index in [9.17, 15) is 14.9 Å². The van der Waals surface area contributed by atoms with Gasteiger partial charge in [0.15, 0.2) is 0 Å². The number of carbonyl (C=O) groups is 2. The quantitative estimate of drug-likeness (QED) is 0.517. The third kappa shape index (κ3) is 4.96. The van der Waals surface area contributed by atoms with Crippen LogP contribution >= 0.6 is 27.3 Å². The molecule has 0 aliphatic heterocycles. The molecule has 0 aliphatic carbocycles. The van der Waals surface area contributed by atoms with Gasteiger partial charge < -0.3 is 14.8 Å². The second-order valence-electron chi connectivity index (χ2n) is 5.30. The van der Waals surface area contributed by atoms with Gasteiger partial charge in [-0.1, -0.05) is 15.9 Å². The number of halogens is 1. The number of ether oxygens (including phenoxy) is 2. The molecular weight excluding hydrogens is 432 g/mol. The minimum atomic E-state index is -0.508. The van der Waals surface area contributed by atoms with Crippen LogP contribution in [-0.2, 0) is 9.53 Å². The number of anilines is 1. The van der Waals surface area contributed by atoms with E-state index < -0.39 is 11.9 Å². The molecule has 1 N–H and O–H groups in total. The monoisotopic (exact) mass is 448 g/mol. The topological polar surface area (TPSA) is 88.4 Å². The number of nitrogens with one attached hydrogen (secondary N) is 1. The third-order valence-electron chi connectivity index (χ3n) is 3.56. The van der Waals surface area contributed by atoms with Gasteiger partial charge in [0.05, 0.1) is 19.3 Å². The smallest absolute Gasteiger partial charge is 0.348 e. The summed E-state index contributed by atoms with van der Waals surface area (Å²) in [7, 11) is 1.55. The maximum atomic E-state index is 12.3. The lowest BCUT2D eigenvalue weighted by Gasteiger charge is -2.05. The molecule has 0 fully saturated rings. The number of benzene rings is 1. The maximum Gasteiger partial charge on any atom is 0.348 e. The molecule has 140 valence electrons. The zero-order chi connectivity index (χ0) is 20.0. The first-order chi connectivity index (χ1) is 12.9. The Kier molecular flexibility index (Phi) is 7.16. The summed E-state index contributed by atoms with van der Waals surface area (Å²) in [6.07, 6.45) is 2.95. The molecule has 1 aromatic heterocycles. The van der Waals surface area contributed by atoms with E-state index in [1.165, 1.54) is 6.08 Å². The highest BCUT2D eigenvalue weighted by Gasteiger charge is 2.21. The molecule has 0 radical (unpaired) electrons. The Bertz CT molecular complexity index is 944. The Morgan fingerprint density at radius 1 is 1.41 bits per heavy atom. The van der Waals surface area contributed by atoms with Crippen molar-refractivity contribution in [3.05, 3.63) is 50.3 Å². The van der Waals surface area contributed by atoms with Crippen molar-refractivity contribution in [2.45, 2.75) is 13.8 Å². The van der Waals surface area contributed by atoms with Crippen molar-refractivity contribution in [1.29, 1.82) is 5.26 Å². The number of methoxy groups -OCH3 is 1. The summed E-state index contributed by atoms with van der Waals surface area (Å²) in [5, 5.41) is 12.3. The number of hydrogen-bond acceptors (Lipinski definition) is 6. The number of rotatable bonds is 6. The van der Waals surface area contributed by atoms with Crippen molar-refractivity contribution in [3.8, 4) is 11.8 Å². The number of carbonyl (C=O) groups excluding carboxylic acids is 2. The van der Waals surface area contributed by atoms with Gasteiger partial charge in [-0.3, -0.25) is 4.79 Å².